The van der Waals surface area contributed by atoms with Crippen molar-refractivity contribution in [3.63, 3.8) is 0 Å². The third-order valence-corrected chi connectivity index (χ3v) is 2.38. The maximum absolute atomic E-state index is 11.5. The van der Waals surface area contributed by atoms with Crippen LogP contribution in [0, 0.1) is 11.8 Å². The van der Waals surface area contributed by atoms with Crippen LogP contribution >= 0.6 is 0 Å². The van der Waals surface area contributed by atoms with E-state index < -0.39 is 0 Å². The van der Waals surface area contributed by atoms with E-state index in [-0.39, 0.29) is 23.8 Å². The lowest BCUT2D eigenvalue weighted by Gasteiger charge is -2.17. The lowest BCUT2D eigenvalue weighted by atomic mass is 10.1. The standard InChI is InChI=1S/C9H17NO2/c1-6(2)9(12)10-4-7(3)8(11)5-10/h6-8,11H,4-5H2,1-3H3/t7-,8+/m0/s1. The molecule has 0 aromatic rings. The Morgan fingerprint density at radius 2 is 2.08 bits per heavy atom. The van der Waals surface area contributed by atoms with Gasteiger partial charge in [-0.2, -0.15) is 0 Å². The molecule has 1 saturated heterocycles. The fourth-order valence-electron chi connectivity index (χ4n) is 1.49. The molecule has 0 aromatic carbocycles. The highest BCUT2D eigenvalue weighted by molar-refractivity contribution is 5.78. The SMILES string of the molecule is CC(C)C(=O)N1C[C@@H](O)[C@@H](C)C1. The van der Waals surface area contributed by atoms with Crippen LogP contribution < -0.4 is 0 Å². The number of rotatable bonds is 1. The van der Waals surface area contributed by atoms with Crippen LogP contribution in [0.1, 0.15) is 20.8 Å². The number of β-amino-alcohol motifs (C(OH)–C–C–N with tert-alkyl or cyclic N) is 1. The molecule has 3 heteroatoms. The first-order valence-electron chi connectivity index (χ1n) is 4.49. The number of carbonyl (C=O) groups is 1. The zero-order valence-electron chi connectivity index (χ0n) is 7.95. The van der Waals surface area contributed by atoms with Gasteiger partial charge in [0.15, 0.2) is 0 Å². The van der Waals surface area contributed by atoms with Crippen LogP contribution in [0.5, 0.6) is 0 Å². The van der Waals surface area contributed by atoms with Gasteiger partial charge in [-0.3, -0.25) is 4.79 Å². The summed E-state index contributed by atoms with van der Waals surface area (Å²) >= 11 is 0. The summed E-state index contributed by atoms with van der Waals surface area (Å²) in [6, 6.07) is 0. The van der Waals surface area contributed by atoms with Gasteiger partial charge < -0.3 is 10.0 Å². The second kappa shape index (κ2) is 3.44. The molecule has 0 spiro atoms. The monoisotopic (exact) mass is 171 g/mol. The Morgan fingerprint density at radius 3 is 2.42 bits per heavy atom. The topological polar surface area (TPSA) is 40.5 Å². The summed E-state index contributed by atoms with van der Waals surface area (Å²) in [6.45, 7) is 6.96. The number of hydrogen-bond donors (Lipinski definition) is 1. The van der Waals surface area contributed by atoms with Crippen molar-refractivity contribution in [2.45, 2.75) is 26.9 Å². The average molecular weight is 171 g/mol. The van der Waals surface area contributed by atoms with Gasteiger partial charge in [0.2, 0.25) is 5.91 Å². The van der Waals surface area contributed by atoms with E-state index in [0.717, 1.165) is 0 Å². The van der Waals surface area contributed by atoms with Crippen LogP contribution in [0.15, 0.2) is 0 Å². The van der Waals surface area contributed by atoms with Crippen molar-refractivity contribution in [2.75, 3.05) is 13.1 Å². The molecule has 0 radical (unpaired) electrons. The van der Waals surface area contributed by atoms with Crippen LogP contribution in [0.3, 0.4) is 0 Å². The predicted octanol–water partition coefficient (Wildman–Crippen LogP) is 0.482. The number of nitrogens with zero attached hydrogens (tertiary/aromatic N) is 1. The first kappa shape index (κ1) is 9.52. The fourth-order valence-corrected chi connectivity index (χ4v) is 1.49. The summed E-state index contributed by atoms with van der Waals surface area (Å²) in [7, 11) is 0. The highest BCUT2D eigenvalue weighted by atomic mass is 16.3. The molecular weight excluding hydrogens is 154 g/mol. The normalized spacial score (nSPS) is 29.9. The molecule has 1 amide bonds. The highest BCUT2D eigenvalue weighted by Crippen LogP contribution is 2.17. The quantitative estimate of drug-likeness (QED) is 0.623. The highest BCUT2D eigenvalue weighted by Gasteiger charge is 2.31. The largest absolute Gasteiger partial charge is 0.391 e. The number of likely N-dealkylation sites (tertiary alicyclic amines) is 1. The van der Waals surface area contributed by atoms with Gasteiger partial charge >= 0.3 is 0 Å². The fraction of sp³-hybridized carbons (Fsp3) is 0.889. The smallest absolute Gasteiger partial charge is 0.225 e. The van der Waals surface area contributed by atoms with Crippen molar-refractivity contribution in [3.05, 3.63) is 0 Å². The Morgan fingerprint density at radius 1 is 1.50 bits per heavy atom. The van der Waals surface area contributed by atoms with Crippen molar-refractivity contribution in [2.24, 2.45) is 11.8 Å². The molecule has 1 heterocycles. The Balaban J connectivity index is 2.52. The molecule has 1 aliphatic rings. The van der Waals surface area contributed by atoms with Gasteiger partial charge in [0.25, 0.3) is 0 Å². The van der Waals surface area contributed by atoms with Crippen LogP contribution in [0.25, 0.3) is 0 Å². The first-order chi connectivity index (χ1) is 5.52. The maximum atomic E-state index is 11.5. The maximum Gasteiger partial charge on any atom is 0.225 e. The van der Waals surface area contributed by atoms with Gasteiger partial charge in [0.05, 0.1) is 6.10 Å². The third-order valence-electron chi connectivity index (χ3n) is 2.38. The van der Waals surface area contributed by atoms with Gasteiger partial charge in [0.1, 0.15) is 0 Å². The summed E-state index contributed by atoms with van der Waals surface area (Å²) in [5.74, 6) is 0.425. The molecule has 0 unspecified atom stereocenters. The van der Waals surface area contributed by atoms with E-state index in [4.69, 9.17) is 0 Å². The molecule has 0 aliphatic carbocycles. The minimum atomic E-state index is -0.326. The van der Waals surface area contributed by atoms with Gasteiger partial charge in [0, 0.05) is 24.9 Å². The second-order valence-electron chi connectivity index (χ2n) is 3.94. The van der Waals surface area contributed by atoms with Crippen LogP contribution in [0.2, 0.25) is 0 Å². The van der Waals surface area contributed by atoms with Crippen molar-refractivity contribution < 1.29 is 9.90 Å². The van der Waals surface area contributed by atoms with Crippen LogP contribution in [-0.4, -0.2) is 35.1 Å². The van der Waals surface area contributed by atoms with E-state index in [9.17, 15) is 9.90 Å². The second-order valence-corrected chi connectivity index (χ2v) is 3.94. The van der Waals surface area contributed by atoms with Gasteiger partial charge in [-0.15, -0.1) is 0 Å². The third kappa shape index (κ3) is 1.78. The molecule has 1 aliphatic heterocycles. The molecule has 1 N–H and O–H groups in total. The Kier molecular flexibility index (Phi) is 2.73. The summed E-state index contributed by atoms with van der Waals surface area (Å²) in [5.41, 5.74) is 0. The molecule has 0 saturated carbocycles. The number of hydrogen-bond acceptors (Lipinski definition) is 2. The molecule has 1 fully saturated rings. The Bertz CT molecular complexity index is 169. The first-order valence-corrected chi connectivity index (χ1v) is 4.49. The van der Waals surface area contributed by atoms with E-state index in [1.54, 1.807) is 4.90 Å². The van der Waals surface area contributed by atoms with E-state index in [1.807, 2.05) is 20.8 Å². The summed E-state index contributed by atoms with van der Waals surface area (Å²) in [4.78, 5) is 13.2. The molecular formula is C9H17NO2. The number of amides is 1. The molecule has 0 aromatic heterocycles. The summed E-state index contributed by atoms with van der Waals surface area (Å²) in [5, 5.41) is 9.40. The Labute approximate surface area is 73.4 Å². The number of aliphatic hydroxyl groups is 1. The van der Waals surface area contributed by atoms with Gasteiger partial charge in [-0.1, -0.05) is 20.8 Å². The zero-order valence-corrected chi connectivity index (χ0v) is 7.95. The van der Waals surface area contributed by atoms with E-state index >= 15 is 0 Å². The zero-order chi connectivity index (χ0) is 9.30. The molecule has 3 nitrogen and oxygen atoms in total. The minimum absolute atomic E-state index is 0.0440. The summed E-state index contributed by atoms with van der Waals surface area (Å²) < 4.78 is 0. The summed E-state index contributed by atoms with van der Waals surface area (Å²) in [6.07, 6.45) is -0.326. The molecule has 70 valence electrons. The number of aliphatic hydroxyl groups excluding tert-OH is 1. The lowest BCUT2D eigenvalue weighted by molar-refractivity contribution is -0.133. The van der Waals surface area contributed by atoms with Gasteiger partial charge in [-0.05, 0) is 0 Å². The van der Waals surface area contributed by atoms with Crippen LogP contribution in [-0.2, 0) is 4.79 Å². The number of carbonyl (C=O) groups excluding carboxylic acids is 1. The van der Waals surface area contributed by atoms with Crippen molar-refractivity contribution in [1.29, 1.82) is 0 Å². The molecule has 2 atom stereocenters. The van der Waals surface area contributed by atoms with Crippen molar-refractivity contribution >= 4 is 5.91 Å². The lowest BCUT2D eigenvalue weighted by Crippen LogP contribution is -2.32. The van der Waals surface area contributed by atoms with Crippen molar-refractivity contribution in [3.8, 4) is 0 Å². The van der Waals surface area contributed by atoms with Crippen molar-refractivity contribution in [1.82, 2.24) is 4.90 Å². The molecule has 0 bridgehead atoms. The average Bonchev–Trinajstić information content (AvgIpc) is 2.30. The van der Waals surface area contributed by atoms with Crippen LogP contribution in [0.4, 0.5) is 0 Å². The van der Waals surface area contributed by atoms with E-state index in [1.165, 1.54) is 0 Å². The molecule has 12 heavy (non-hydrogen) atoms. The molecule has 1 rings (SSSR count). The predicted molar refractivity (Wildman–Crippen MR) is 46.6 cm³/mol. The van der Waals surface area contributed by atoms with E-state index in [0.29, 0.717) is 13.1 Å². The van der Waals surface area contributed by atoms with Gasteiger partial charge in [-0.25, -0.2) is 0 Å². The minimum Gasteiger partial charge on any atom is -0.391 e. The Hall–Kier alpha value is -0.570. The van der Waals surface area contributed by atoms with E-state index in [2.05, 4.69) is 0 Å².